The van der Waals surface area contributed by atoms with Gasteiger partial charge in [-0.25, -0.2) is 9.67 Å². The van der Waals surface area contributed by atoms with Crippen molar-refractivity contribution in [2.24, 2.45) is 5.92 Å². The first kappa shape index (κ1) is 19.9. The van der Waals surface area contributed by atoms with Gasteiger partial charge in [0, 0.05) is 12.8 Å². The Balaban J connectivity index is 1.69. The molecule has 0 radical (unpaired) electrons. The van der Waals surface area contributed by atoms with E-state index in [1.165, 1.54) is 5.56 Å². The zero-order chi connectivity index (χ0) is 19.9. The van der Waals surface area contributed by atoms with Gasteiger partial charge in [0.25, 0.3) is 0 Å². The summed E-state index contributed by atoms with van der Waals surface area (Å²) in [6.45, 7) is 7.13. The van der Waals surface area contributed by atoms with E-state index in [2.05, 4.69) is 40.2 Å². The lowest BCUT2D eigenvalue weighted by Crippen LogP contribution is -2.06. The van der Waals surface area contributed by atoms with Crippen LogP contribution in [0.2, 0.25) is 0 Å². The third-order valence-electron chi connectivity index (χ3n) is 4.24. The van der Waals surface area contributed by atoms with Crippen molar-refractivity contribution in [1.29, 1.82) is 0 Å². The van der Waals surface area contributed by atoms with Gasteiger partial charge in [-0.05, 0) is 49.4 Å². The molecule has 0 spiro atoms. The number of ether oxygens (including phenoxy) is 2. The van der Waals surface area contributed by atoms with E-state index in [1.807, 2.05) is 37.4 Å². The number of hydrogen-bond acceptors (Lipinski definition) is 6. The Morgan fingerprint density at radius 2 is 1.86 bits per heavy atom. The number of hydrogen-bond donors (Lipinski definition) is 0. The molecule has 7 nitrogen and oxygen atoms in total. The topological polar surface area (TPSA) is 75.0 Å². The van der Waals surface area contributed by atoms with Crippen LogP contribution in [0.1, 0.15) is 42.9 Å². The van der Waals surface area contributed by atoms with Crippen molar-refractivity contribution in [3.63, 3.8) is 0 Å². The molecule has 3 aromatic rings. The highest BCUT2D eigenvalue weighted by atomic mass is 16.5. The van der Waals surface area contributed by atoms with Crippen molar-refractivity contribution in [3.8, 4) is 11.7 Å². The van der Waals surface area contributed by atoms with Gasteiger partial charge in [0.15, 0.2) is 0 Å². The molecule has 0 N–H and O–H groups in total. The summed E-state index contributed by atoms with van der Waals surface area (Å²) in [5.74, 6) is 0.613. The van der Waals surface area contributed by atoms with Crippen LogP contribution in [-0.2, 0) is 24.4 Å². The summed E-state index contributed by atoms with van der Waals surface area (Å²) < 4.78 is 12.8. The van der Waals surface area contributed by atoms with Gasteiger partial charge in [0.2, 0.25) is 0 Å². The summed E-state index contributed by atoms with van der Waals surface area (Å²) in [5, 5.41) is 8.36. The van der Waals surface area contributed by atoms with Gasteiger partial charge in [-0.1, -0.05) is 31.2 Å². The predicted octanol–water partition coefficient (Wildman–Crippen LogP) is 3.68. The minimum atomic E-state index is 0.256. The first-order valence-corrected chi connectivity index (χ1v) is 9.50. The summed E-state index contributed by atoms with van der Waals surface area (Å²) in [6.07, 6.45) is 3.80. The molecule has 2 aromatic heterocycles. The van der Waals surface area contributed by atoms with Gasteiger partial charge in [0.1, 0.15) is 12.3 Å². The molecule has 2 heterocycles. The molecule has 0 amide bonds. The van der Waals surface area contributed by atoms with Crippen molar-refractivity contribution < 1.29 is 9.47 Å². The molecule has 28 heavy (non-hydrogen) atoms. The Bertz CT molecular complexity index is 907. The van der Waals surface area contributed by atoms with E-state index in [-0.39, 0.29) is 6.61 Å². The zero-order valence-electron chi connectivity index (χ0n) is 16.9. The average molecular weight is 381 g/mol. The highest BCUT2D eigenvalue weighted by molar-refractivity contribution is 5.34. The lowest BCUT2D eigenvalue weighted by Gasteiger charge is -2.09. The van der Waals surface area contributed by atoms with Crippen LogP contribution >= 0.6 is 0 Å². The molecule has 1 aromatic carbocycles. The molecule has 148 valence electrons. The molecule has 0 aliphatic heterocycles. The summed E-state index contributed by atoms with van der Waals surface area (Å²) in [6, 6.07) is 10.4. The van der Waals surface area contributed by atoms with E-state index in [0.717, 1.165) is 29.9 Å². The molecule has 0 bridgehead atoms. The smallest absolute Gasteiger partial charge is 0.317 e. The van der Waals surface area contributed by atoms with E-state index >= 15 is 0 Å². The van der Waals surface area contributed by atoms with Gasteiger partial charge in [-0.3, -0.25) is 0 Å². The number of benzene rings is 1. The third kappa shape index (κ3) is 5.60. The summed E-state index contributed by atoms with van der Waals surface area (Å²) in [5.41, 5.74) is 4.63. The van der Waals surface area contributed by atoms with Crippen molar-refractivity contribution in [2.75, 3.05) is 7.11 Å². The van der Waals surface area contributed by atoms with Crippen molar-refractivity contribution in [1.82, 2.24) is 25.0 Å². The standard InChI is InChI=1S/C21H27N5O2/c1-15(2)8-9-17-11-18(13-27-4)23-21(22-17)28-14-19-12-26(25-24-19)20-7-5-6-16(3)10-20/h5-7,10-12,15H,8-9,13-14H2,1-4H3. The Morgan fingerprint density at radius 3 is 2.61 bits per heavy atom. The van der Waals surface area contributed by atoms with Crippen LogP contribution < -0.4 is 4.74 Å². The van der Waals surface area contributed by atoms with Crippen LogP contribution in [0.5, 0.6) is 6.01 Å². The van der Waals surface area contributed by atoms with E-state index in [9.17, 15) is 0 Å². The van der Waals surface area contributed by atoms with Crippen molar-refractivity contribution >= 4 is 0 Å². The first-order valence-electron chi connectivity index (χ1n) is 9.50. The van der Waals surface area contributed by atoms with Crippen LogP contribution in [0.15, 0.2) is 36.5 Å². The number of aryl methyl sites for hydroxylation is 2. The molecule has 0 unspecified atom stereocenters. The molecular formula is C21H27N5O2. The maximum atomic E-state index is 5.81. The summed E-state index contributed by atoms with van der Waals surface area (Å²) in [7, 11) is 1.65. The zero-order valence-corrected chi connectivity index (χ0v) is 16.9. The fourth-order valence-corrected chi connectivity index (χ4v) is 2.78. The minimum Gasteiger partial charge on any atom is -0.457 e. The second-order valence-corrected chi connectivity index (χ2v) is 7.28. The maximum absolute atomic E-state index is 5.81. The first-order chi connectivity index (χ1) is 13.5. The second-order valence-electron chi connectivity index (χ2n) is 7.28. The van der Waals surface area contributed by atoms with Crippen LogP contribution in [0.4, 0.5) is 0 Å². The van der Waals surface area contributed by atoms with E-state index in [0.29, 0.717) is 24.2 Å². The highest BCUT2D eigenvalue weighted by Gasteiger charge is 2.09. The number of methoxy groups -OCH3 is 1. The Hall–Kier alpha value is -2.80. The second kappa shape index (κ2) is 9.41. The molecule has 0 saturated carbocycles. The van der Waals surface area contributed by atoms with Crippen molar-refractivity contribution in [3.05, 3.63) is 59.2 Å². The predicted molar refractivity (Wildman–Crippen MR) is 106 cm³/mol. The Morgan fingerprint density at radius 1 is 1.04 bits per heavy atom. The molecule has 0 fully saturated rings. The third-order valence-corrected chi connectivity index (χ3v) is 4.24. The molecule has 0 aliphatic rings. The molecule has 0 saturated heterocycles. The average Bonchev–Trinajstić information content (AvgIpc) is 3.14. The molecule has 0 aliphatic carbocycles. The van der Waals surface area contributed by atoms with Gasteiger partial charge < -0.3 is 9.47 Å². The summed E-state index contributed by atoms with van der Waals surface area (Å²) in [4.78, 5) is 8.96. The monoisotopic (exact) mass is 381 g/mol. The maximum Gasteiger partial charge on any atom is 0.317 e. The fourth-order valence-electron chi connectivity index (χ4n) is 2.78. The van der Waals surface area contributed by atoms with Gasteiger partial charge in [0.05, 0.1) is 24.2 Å². The number of nitrogens with zero attached hydrogens (tertiary/aromatic N) is 5. The quantitative estimate of drug-likeness (QED) is 0.563. The van der Waals surface area contributed by atoms with Gasteiger partial charge >= 0.3 is 6.01 Å². The lowest BCUT2D eigenvalue weighted by atomic mass is 10.1. The Kier molecular flexibility index (Phi) is 6.71. The van der Waals surface area contributed by atoms with Crippen LogP contribution in [0, 0.1) is 12.8 Å². The van der Waals surface area contributed by atoms with E-state index in [1.54, 1.807) is 11.8 Å². The molecule has 0 atom stereocenters. The van der Waals surface area contributed by atoms with Gasteiger partial charge in [-0.15, -0.1) is 5.10 Å². The van der Waals surface area contributed by atoms with Crippen LogP contribution in [0.3, 0.4) is 0 Å². The summed E-state index contributed by atoms with van der Waals surface area (Å²) >= 11 is 0. The minimum absolute atomic E-state index is 0.256. The lowest BCUT2D eigenvalue weighted by molar-refractivity contribution is 0.179. The molecule has 3 rings (SSSR count). The van der Waals surface area contributed by atoms with E-state index in [4.69, 9.17) is 9.47 Å². The van der Waals surface area contributed by atoms with E-state index < -0.39 is 0 Å². The van der Waals surface area contributed by atoms with Crippen LogP contribution in [-0.4, -0.2) is 32.1 Å². The van der Waals surface area contributed by atoms with Crippen LogP contribution in [0.25, 0.3) is 5.69 Å². The largest absolute Gasteiger partial charge is 0.457 e. The Labute approximate surface area is 165 Å². The normalized spacial score (nSPS) is 11.2. The number of rotatable bonds is 9. The van der Waals surface area contributed by atoms with Gasteiger partial charge in [-0.2, -0.15) is 4.98 Å². The SMILES string of the molecule is COCc1cc(CCC(C)C)nc(OCc2cn(-c3cccc(C)c3)nn2)n1. The van der Waals surface area contributed by atoms with Crippen molar-refractivity contribution in [2.45, 2.75) is 46.8 Å². The molecular weight excluding hydrogens is 354 g/mol. The molecule has 7 heteroatoms. The number of aromatic nitrogens is 5. The fraction of sp³-hybridized carbons (Fsp3) is 0.429. The highest BCUT2D eigenvalue weighted by Crippen LogP contribution is 2.15.